The van der Waals surface area contributed by atoms with Crippen LogP contribution in [-0.4, -0.2) is 294 Å². The first kappa shape index (κ1) is 111. The maximum absolute atomic E-state index is 15.0. The van der Waals surface area contributed by atoms with Crippen molar-refractivity contribution in [2.75, 3.05) is 76.8 Å². The lowest BCUT2D eigenvalue weighted by Gasteiger charge is -2.42. The van der Waals surface area contributed by atoms with E-state index in [0.29, 0.717) is 24.8 Å². The van der Waals surface area contributed by atoms with E-state index < -0.39 is 235 Å². The third-order valence-corrected chi connectivity index (χ3v) is 29.1. The number of ketones is 3. The monoisotopic (exact) mass is 2000 g/mol. The Kier molecular flexibility index (Phi) is 43.0. The van der Waals surface area contributed by atoms with Crippen molar-refractivity contribution in [1.82, 2.24) is 57.5 Å². The van der Waals surface area contributed by atoms with Gasteiger partial charge in [-0.05, 0) is 88.2 Å². The summed E-state index contributed by atoms with van der Waals surface area (Å²) in [6, 6.07) is 2.76. The average molecular weight is 2000 g/mol. The molecule has 0 radical (unpaired) electrons. The highest BCUT2D eigenvalue weighted by Crippen LogP contribution is 2.53. The number of phenols is 3. The lowest BCUT2D eigenvalue weighted by Crippen LogP contribution is -2.59. The summed E-state index contributed by atoms with van der Waals surface area (Å²) in [6.45, 7) is 13.2. The number of carbonyl (C=O) groups excluding carboxylic acids is 14. The number of benzene rings is 3. The van der Waals surface area contributed by atoms with E-state index in [2.05, 4.69) is 47.7 Å². The molecule has 16 atom stereocenters. The van der Waals surface area contributed by atoms with Gasteiger partial charge in [-0.3, -0.25) is 72.7 Å². The third-order valence-electron chi connectivity index (χ3n) is 23.4. The summed E-state index contributed by atoms with van der Waals surface area (Å²) in [4.78, 5) is 221. The molecule has 0 bridgehead atoms. The number of carbonyl (C=O) groups is 16. The van der Waals surface area contributed by atoms with Gasteiger partial charge >= 0.3 is 36.1 Å². The second-order valence-electron chi connectivity index (χ2n) is 33.9. The highest BCUT2D eigenvalue weighted by Gasteiger charge is 2.52. The number of thiazole rings is 1. The fourth-order valence-corrected chi connectivity index (χ4v) is 20.4. The molecule has 0 spiro atoms. The number of aliphatic hydroxyl groups excluding tert-OH is 2. The third kappa shape index (κ3) is 30.9. The van der Waals surface area contributed by atoms with E-state index in [9.17, 15) is 113 Å². The maximum Gasteiger partial charge on any atom is 0.426 e. The smallest absolute Gasteiger partial charge is 0.426 e. The molecule has 748 valence electrons. The normalized spacial score (nSPS) is 19.9. The lowest BCUT2D eigenvalue weighted by atomic mass is 9.72. The summed E-state index contributed by atoms with van der Waals surface area (Å²) in [5.41, 5.74) is 0.426. The van der Waals surface area contributed by atoms with E-state index in [4.69, 9.17) is 33.2 Å². The van der Waals surface area contributed by atoms with E-state index in [1.165, 1.54) is 90.1 Å². The van der Waals surface area contributed by atoms with Gasteiger partial charge < -0.3 is 111 Å². The van der Waals surface area contributed by atoms with Crippen LogP contribution in [-0.2, 0) is 94.0 Å². The number of aliphatic carboxylic acids is 2. The number of alkyl carbamates (subject to hydrolysis) is 1. The van der Waals surface area contributed by atoms with Gasteiger partial charge in [-0.1, -0.05) is 129 Å². The molecule has 1 aromatic heterocycles. The van der Waals surface area contributed by atoms with Crippen molar-refractivity contribution >= 4 is 149 Å². The molecule has 47 heteroatoms. The first-order valence-electron chi connectivity index (χ1n) is 44.4. The lowest BCUT2D eigenvalue weighted by molar-refractivity contribution is -0.249. The Morgan fingerprint density at radius 1 is 0.765 bits per heavy atom. The minimum absolute atomic E-state index is 0.00764. The van der Waals surface area contributed by atoms with Crippen LogP contribution >= 0.6 is 54.5 Å². The van der Waals surface area contributed by atoms with Gasteiger partial charge in [0.2, 0.25) is 41.2 Å². The molecule has 2 aliphatic carbocycles. The fourth-order valence-electron chi connectivity index (χ4n) is 15.8. The highest BCUT2D eigenvalue weighted by molar-refractivity contribution is 8.77. The fraction of sp³-hybridized carbons (Fsp3) is 0.584. The molecular formula is C89H121N11O31S5. The van der Waals surface area contributed by atoms with E-state index in [-0.39, 0.29) is 143 Å². The minimum atomic E-state index is -2.47. The summed E-state index contributed by atoms with van der Waals surface area (Å²) in [5, 5.41) is 103. The average Bonchev–Trinajstić information content (AvgIpc) is 0.780. The zero-order valence-electron chi connectivity index (χ0n) is 77.2. The highest BCUT2D eigenvalue weighted by atomic mass is 33.1. The van der Waals surface area contributed by atoms with Gasteiger partial charge in [0, 0.05) is 115 Å². The quantitative estimate of drug-likeness (QED) is 0.00443. The van der Waals surface area contributed by atoms with Crippen molar-refractivity contribution in [3.8, 4) is 23.0 Å². The van der Waals surface area contributed by atoms with E-state index in [1.54, 1.807) is 19.1 Å². The number of ether oxygens (including phenoxy) is 7. The second-order valence-corrected chi connectivity index (χ2v) is 40.1. The van der Waals surface area contributed by atoms with Crippen LogP contribution in [0.1, 0.15) is 216 Å². The number of hydrazine groups is 1. The Labute approximate surface area is 804 Å². The summed E-state index contributed by atoms with van der Waals surface area (Å²) in [7, 11) is 7.54. The molecule has 16 N–H and O–H groups in total. The number of aromatic nitrogens is 1. The number of hydrogen-bond acceptors (Lipinski definition) is 36. The number of carboxylic acid groups (broad SMARTS) is 2. The number of nitrogens with zero attached hydrogens (tertiary/aromatic N) is 3. The van der Waals surface area contributed by atoms with Gasteiger partial charge in [0.05, 0.1) is 60.4 Å². The van der Waals surface area contributed by atoms with Gasteiger partial charge in [0.1, 0.15) is 83.4 Å². The van der Waals surface area contributed by atoms with Gasteiger partial charge in [-0.15, -0.1) is 11.3 Å². The maximum atomic E-state index is 15.0. The number of aliphatic hydroxyl groups is 3. The molecule has 2 aliphatic heterocycles. The topological polar surface area (TPSA) is 615 Å². The summed E-state index contributed by atoms with van der Waals surface area (Å²) in [6.07, 6.45) is -7.91. The molecule has 3 aromatic carbocycles. The summed E-state index contributed by atoms with van der Waals surface area (Å²) < 4.78 is 39.6. The number of methoxy groups -OCH3 is 1. The number of likely N-dealkylation sites (N-methyl/N-ethyl adjacent to an activating group) is 1. The summed E-state index contributed by atoms with van der Waals surface area (Å²) >= 11 is 1.02. The van der Waals surface area contributed by atoms with Crippen molar-refractivity contribution in [2.24, 2.45) is 23.7 Å². The molecule has 136 heavy (non-hydrogen) atoms. The zero-order valence-corrected chi connectivity index (χ0v) is 81.3. The number of fused-ring (bicyclic) bond motifs is 3. The van der Waals surface area contributed by atoms with Crippen molar-refractivity contribution in [3.63, 3.8) is 0 Å². The molecule has 3 heterocycles. The van der Waals surface area contributed by atoms with E-state index in [1.807, 2.05) is 46.6 Å². The number of phenolic OH excluding ortho intramolecular Hbond substituents is 3. The van der Waals surface area contributed by atoms with Crippen LogP contribution in [0.2, 0.25) is 0 Å². The van der Waals surface area contributed by atoms with E-state index >= 15 is 4.79 Å². The van der Waals surface area contributed by atoms with Crippen LogP contribution in [0.4, 0.5) is 9.59 Å². The van der Waals surface area contributed by atoms with E-state index in [0.717, 1.165) is 52.3 Å². The van der Waals surface area contributed by atoms with Crippen LogP contribution in [0, 0.1) is 23.7 Å². The van der Waals surface area contributed by atoms with Gasteiger partial charge in [-0.2, -0.15) is 0 Å². The van der Waals surface area contributed by atoms with Gasteiger partial charge in [0.25, 0.3) is 5.91 Å². The number of hydrogen-bond donors (Lipinski definition) is 16. The predicted molar refractivity (Wildman–Crippen MR) is 496 cm³/mol. The number of rotatable bonds is 50. The minimum Gasteiger partial charge on any atom is -0.508 e. The first-order valence-corrected chi connectivity index (χ1v) is 50.3. The number of amides is 9. The van der Waals surface area contributed by atoms with Crippen molar-refractivity contribution in [3.05, 3.63) is 97.5 Å². The predicted octanol–water partition coefficient (Wildman–Crippen LogP) is 5.35. The summed E-state index contributed by atoms with van der Waals surface area (Å²) in [5.74, 6) is -15.9. The number of carboxylic acids is 2. The Bertz CT molecular complexity index is 4940. The SMILES string of the molecule is CCCC(=O)OCN(C(=O)[C@@H](NC(=O)[C@H]1CCCCN1C)C(C)CC)[C@H](C[C@@H](OC(C)=O)c1nc(C(=O)N[C@@H](Cc2ccc(O)cc2)C[C@H](C)C(=O)NNC(=O)OCCSSCCC(=O)NC[C@H](C)C(=O)N[C@@H](CC(=O)O)C(=O)N[C@@H](CSSCCOC(=O)NC2CC(O[C@H]3C[C@](O)(C(=O)CO)Cc4c(O)c5c(c(O)c43)C(=O)c3c(OC)cccc3C5=O)OC(C)C2O)C(=O)O)cs1)C(C)C. The van der Waals surface area contributed by atoms with Crippen LogP contribution in [0.25, 0.3) is 0 Å². The van der Waals surface area contributed by atoms with Crippen molar-refractivity contribution in [2.45, 2.75) is 231 Å². The molecule has 4 aliphatic rings. The Balaban J connectivity index is 0.734. The largest absolute Gasteiger partial charge is 0.508 e. The standard InChI is InChI=1S/C89H121N11O31S5/c1-12-17-67(108)128-43-100(85(119)73(45(5)13-2)96-83(118)59-19-14-15-26-99(59)10)60(44(3)4)36-62(130-49(9)102)84-94-57(41-132-84)82(117)91-51(33-50-21-23-52(103)24-22-50)32-46(6)80(115)97-98-88(123)127-28-30-134-133-29-25-65(105)90-39-47(7)79(114)92-56(34-66(106)107)81(116)93-58(86(120)121)42-136-135-31-27-126-87(122)95-55-35-68(129-48(8)74(55)109)131-63-38-89(124,64(104)40-101)37-54-70(63)78(113)72-71(76(54)111)75(110)53-18-16-20-61(125-11)69(53)77(72)112/h16,18,20-24,41,44-48,51,55-56,58-60,62-63,68,73-74,101,103,109,111,113,124H,12-15,17,19,25-40,42-43H2,1-11H3,(H,90,105)(H,91,117)(H,92,114)(H,93,116)(H,95,122)(H,96,118)(H,97,115)(H,98,123)(H,106,107)(H,120,121)/t45?,46-,47-,48?,51+,55?,56-,58-,59+,60+,62+,63-,68?,73-,74?,89-/m0/s1. The Morgan fingerprint density at radius 3 is 2.09 bits per heavy atom. The Hall–Kier alpha value is -10.6. The van der Waals surface area contributed by atoms with Crippen molar-refractivity contribution in [1.29, 1.82) is 0 Å². The van der Waals surface area contributed by atoms with Gasteiger partial charge in [-0.25, -0.2) is 24.8 Å². The number of nitrogens with one attached hydrogen (secondary N) is 8. The molecule has 2 fully saturated rings. The molecule has 42 nitrogen and oxygen atoms in total. The number of piperidine rings is 1. The van der Waals surface area contributed by atoms with Gasteiger partial charge in [0.15, 0.2) is 30.7 Å². The van der Waals surface area contributed by atoms with Crippen LogP contribution in [0.15, 0.2) is 47.8 Å². The second kappa shape index (κ2) is 52.8. The molecule has 0 saturated carbocycles. The van der Waals surface area contributed by atoms with Crippen molar-refractivity contribution < 1.29 is 151 Å². The zero-order chi connectivity index (χ0) is 100. The molecule has 8 rings (SSSR count). The first-order chi connectivity index (χ1) is 64.5. The molecule has 4 aromatic rings. The number of likely N-dealkylation sites (tertiary alicyclic amines) is 1. The van der Waals surface area contributed by atoms with Crippen LogP contribution in [0.3, 0.4) is 0 Å². The molecular weight excluding hydrogens is 1880 g/mol. The number of esters is 2. The Morgan fingerprint density at radius 2 is 1.44 bits per heavy atom. The van der Waals surface area contributed by atoms with Crippen LogP contribution < -0.4 is 47.5 Å². The number of Topliss-reactive ketones (excluding diaryl/α,β-unsaturated/α-hetero) is 1. The molecule has 2 saturated heterocycles. The number of aromatic hydroxyl groups is 3. The van der Waals surface area contributed by atoms with Crippen LogP contribution in [0.5, 0.6) is 23.0 Å². The molecule has 9 amide bonds. The molecule has 5 unspecified atom stereocenters.